The predicted molar refractivity (Wildman–Crippen MR) is 58.7 cm³/mol. The third kappa shape index (κ3) is 4.86. The maximum absolute atomic E-state index is 10.7. The summed E-state index contributed by atoms with van der Waals surface area (Å²) in [5.74, 6) is 0.234. The lowest BCUT2D eigenvalue weighted by Gasteiger charge is -2.16. The molecular weight excluding hydrogens is 192 g/mol. The van der Waals surface area contributed by atoms with Gasteiger partial charge in [-0.15, -0.1) is 0 Å². The Morgan fingerprint density at radius 1 is 1.27 bits per heavy atom. The highest BCUT2D eigenvalue weighted by molar-refractivity contribution is 5.67. The summed E-state index contributed by atoms with van der Waals surface area (Å²) < 4.78 is 0. The van der Waals surface area contributed by atoms with Gasteiger partial charge >= 0.3 is 5.97 Å². The van der Waals surface area contributed by atoms with E-state index in [0.29, 0.717) is 18.1 Å². The third-order valence-electron chi connectivity index (χ3n) is 2.66. The molecule has 1 unspecified atom stereocenters. The number of aliphatic hydroxyl groups is 1. The van der Waals surface area contributed by atoms with E-state index in [4.69, 9.17) is 5.11 Å². The van der Waals surface area contributed by atoms with Crippen LogP contribution in [0.4, 0.5) is 0 Å². The van der Waals surface area contributed by atoms with Crippen molar-refractivity contribution in [3.05, 3.63) is 11.3 Å². The Labute approximate surface area is 90.8 Å². The molecular formula is C12H20O3. The maximum Gasteiger partial charge on any atom is 0.303 e. The molecule has 0 aromatic rings. The van der Waals surface area contributed by atoms with Crippen LogP contribution >= 0.6 is 0 Å². The topological polar surface area (TPSA) is 57.5 Å². The average molecular weight is 212 g/mol. The molecule has 1 aliphatic carbocycles. The third-order valence-corrected chi connectivity index (χ3v) is 2.66. The van der Waals surface area contributed by atoms with E-state index in [9.17, 15) is 9.90 Å². The molecule has 0 bridgehead atoms. The minimum atomic E-state index is -0.769. The van der Waals surface area contributed by atoms with Gasteiger partial charge in [-0.3, -0.25) is 4.79 Å². The van der Waals surface area contributed by atoms with Crippen molar-refractivity contribution >= 4 is 5.97 Å². The zero-order valence-electron chi connectivity index (χ0n) is 9.49. The van der Waals surface area contributed by atoms with Crippen LogP contribution in [0.25, 0.3) is 0 Å². The van der Waals surface area contributed by atoms with Crippen LogP contribution in [-0.2, 0) is 4.79 Å². The molecule has 1 fully saturated rings. The number of carboxylic acids is 1. The van der Waals surface area contributed by atoms with Crippen LogP contribution in [0.15, 0.2) is 11.3 Å². The van der Waals surface area contributed by atoms with E-state index >= 15 is 0 Å². The predicted octanol–water partition coefficient (Wildman–Crippen LogP) is 3.12. The fraction of sp³-hybridized carbons (Fsp3) is 0.750. The summed E-state index contributed by atoms with van der Waals surface area (Å²) in [5, 5.41) is 18.4. The molecule has 1 aliphatic rings. The van der Waals surface area contributed by atoms with Crippen molar-refractivity contribution in [2.45, 2.75) is 46.0 Å². The van der Waals surface area contributed by atoms with E-state index in [2.05, 4.69) is 13.8 Å². The van der Waals surface area contributed by atoms with Crippen LogP contribution in [0.5, 0.6) is 0 Å². The van der Waals surface area contributed by atoms with E-state index < -0.39 is 5.97 Å². The first kappa shape index (κ1) is 12.1. The van der Waals surface area contributed by atoms with Crippen LogP contribution in [0.2, 0.25) is 0 Å². The van der Waals surface area contributed by atoms with E-state index in [1.807, 2.05) is 0 Å². The molecule has 2 N–H and O–H groups in total. The Bertz CT molecular complexity index is 260. The molecule has 3 heteroatoms. The molecule has 0 aromatic heterocycles. The summed E-state index contributed by atoms with van der Waals surface area (Å²) in [4.78, 5) is 10.7. The molecule has 0 aliphatic heterocycles. The fourth-order valence-corrected chi connectivity index (χ4v) is 1.92. The standard InChI is InChI=1S/C12H20O3/c1-8(2)5-9(7-12(14)15)6-11(13)10-3-4-10/h8-9,13H,3-7H2,1-2H3,(H,14,15). The zero-order chi connectivity index (χ0) is 11.4. The number of aliphatic hydroxyl groups excluding tert-OH is 1. The van der Waals surface area contributed by atoms with Crippen LogP contribution < -0.4 is 0 Å². The molecule has 0 aromatic carbocycles. The van der Waals surface area contributed by atoms with Gasteiger partial charge in [-0.1, -0.05) is 13.8 Å². The second-order valence-electron chi connectivity index (χ2n) is 4.85. The molecule has 15 heavy (non-hydrogen) atoms. The number of rotatable bonds is 6. The van der Waals surface area contributed by atoms with Crippen molar-refractivity contribution in [2.75, 3.05) is 0 Å². The fourth-order valence-electron chi connectivity index (χ4n) is 1.92. The second kappa shape index (κ2) is 5.19. The monoisotopic (exact) mass is 212 g/mol. The quantitative estimate of drug-likeness (QED) is 0.665. The molecule has 0 heterocycles. The van der Waals surface area contributed by atoms with Gasteiger partial charge in [-0.2, -0.15) is 0 Å². The molecule has 0 saturated heterocycles. The summed E-state index contributed by atoms with van der Waals surface area (Å²) in [6.45, 7) is 4.16. The number of hydrogen-bond donors (Lipinski definition) is 2. The van der Waals surface area contributed by atoms with Crippen molar-refractivity contribution in [1.82, 2.24) is 0 Å². The first-order chi connectivity index (χ1) is 6.99. The van der Waals surface area contributed by atoms with Crippen molar-refractivity contribution < 1.29 is 15.0 Å². The van der Waals surface area contributed by atoms with Gasteiger partial charge in [0.1, 0.15) is 0 Å². The van der Waals surface area contributed by atoms with E-state index in [1.165, 1.54) is 0 Å². The summed E-state index contributed by atoms with van der Waals surface area (Å²) in [6, 6.07) is 0. The van der Waals surface area contributed by atoms with E-state index in [-0.39, 0.29) is 12.3 Å². The maximum atomic E-state index is 10.7. The molecule has 1 atom stereocenters. The van der Waals surface area contributed by atoms with Crippen LogP contribution in [0, 0.1) is 11.8 Å². The highest BCUT2D eigenvalue weighted by Crippen LogP contribution is 2.34. The van der Waals surface area contributed by atoms with Crippen molar-refractivity contribution in [3.8, 4) is 0 Å². The van der Waals surface area contributed by atoms with Crippen molar-refractivity contribution in [1.29, 1.82) is 0 Å². The Balaban J connectivity index is 2.47. The second-order valence-corrected chi connectivity index (χ2v) is 4.85. The van der Waals surface area contributed by atoms with Gasteiger partial charge in [-0.05, 0) is 36.7 Å². The van der Waals surface area contributed by atoms with Crippen LogP contribution in [0.3, 0.4) is 0 Å². The average Bonchev–Trinajstić information content (AvgIpc) is 2.81. The SMILES string of the molecule is CC(C)CC(CC(=O)O)CC(O)=C1CC1. The summed E-state index contributed by atoms with van der Waals surface area (Å²) in [5.41, 5.74) is 1.12. The zero-order valence-corrected chi connectivity index (χ0v) is 9.49. The Kier molecular flexibility index (Phi) is 4.18. The minimum Gasteiger partial charge on any atom is -0.512 e. The first-order valence-electron chi connectivity index (χ1n) is 5.60. The van der Waals surface area contributed by atoms with E-state index in [0.717, 1.165) is 24.8 Å². The minimum absolute atomic E-state index is 0.0793. The smallest absolute Gasteiger partial charge is 0.303 e. The lowest BCUT2D eigenvalue weighted by Crippen LogP contribution is -2.11. The molecule has 0 amide bonds. The molecule has 1 saturated carbocycles. The molecule has 0 radical (unpaired) electrons. The molecule has 1 rings (SSSR count). The number of allylic oxidation sites excluding steroid dienone is 2. The highest BCUT2D eigenvalue weighted by atomic mass is 16.4. The highest BCUT2D eigenvalue weighted by Gasteiger charge is 2.22. The first-order valence-corrected chi connectivity index (χ1v) is 5.60. The van der Waals surface area contributed by atoms with Crippen molar-refractivity contribution in [3.63, 3.8) is 0 Å². The Hall–Kier alpha value is -0.990. The van der Waals surface area contributed by atoms with Gasteiger partial charge in [0.15, 0.2) is 0 Å². The van der Waals surface area contributed by atoms with E-state index in [1.54, 1.807) is 0 Å². The van der Waals surface area contributed by atoms with Gasteiger partial charge in [-0.25, -0.2) is 0 Å². The van der Waals surface area contributed by atoms with Crippen LogP contribution in [-0.4, -0.2) is 16.2 Å². The summed E-state index contributed by atoms with van der Waals surface area (Å²) >= 11 is 0. The molecule has 3 nitrogen and oxygen atoms in total. The Morgan fingerprint density at radius 2 is 1.87 bits per heavy atom. The van der Waals surface area contributed by atoms with Crippen molar-refractivity contribution in [2.24, 2.45) is 11.8 Å². The number of aliphatic carboxylic acids is 1. The largest absolute Gasteiger partial charge is 0.512 e. The lowest BCUT2D eigenvalue weighted by molar-refractivity contribution is -0.138. The van der Waals surface area contributed by atoms with Gasteiger partial charge in [0.2, 0.25) is 0 Å². The van der Waals surface area contributed by atoms with Gasteiger partial charge in [0.25, 0.3) is 0 Å². The van der Waals surface area contributed by atoms with Gasteiger partial charge < -0.3 is 10.2 Å². The number of carbonyl (C=O) groups is 1. The summed E-state index contributed by atoms with van der Waals surface area (Å²) in [7, 11) is 0. The van der Waals surface area contributed by atoms with Gasteiger partial charge in [0.05, 0.1) is 5.76 Å². The lowest BCUT2D eigenvalue weighted by atomic mass is 9.90. The number of hydrogen-bond acceptors (Lipinski definition) is 2. The normalized spacial score (nSPS) is 16.6. The molecule has 0 spiro atoms. The Morgan fingerprint density at radius 3 is 2.27 bits per heavy atom. The van der Waals surface area contributed by atoms with Gasteiger partial charge in [0, 0.05) is 12.8 Å². The van der Waals surface area contributed by atoms with Crippen LogP contribution in [0.1, 0.15) is 46.0 Å². The number of carboxylic acid groups (broad SMARTS) is 1. The summed E-state index contributed by atoms with van der Waals surface area (Å²) in [6.07, 6.45) is 3.56. The molecule has 86 valence electrons.